The number of hydrogen-bond acceptors (Lipinski definition) is 4. The van der Waals surface area contributed by atoms with Gasteiger partial charge in [-0.2, -0.15) is 0 Å². The summed E-state index contributed by atoms with van der Waals surface area (Å²) < 4.78 is 10.7. The van der Waals surface area contributed by atoms with Gasteiger partial charge >= 0.3 is 5.97 Å². The average molecular weight is 321 g/mol. The molecule has 126 valence electrons. The molecule has 0 fully saturated rings. The number of carboxylic acids is 1. The average Bonchev–Trinajstić information content (AvgIpc) is 2.55. The van der Waals surface area contributed by atoms with Crippen molar-refractivity contribution in [1.29, 1.82) is 0 Å². The van der Waals surface area contributed by atoms with Crippen molar-refractivity contribution in [3.05, 3.63) is 42.0 Å². The molecule has 1 unspecified atom stereocenters. The van der Waals surface area contributed by atoms with E-state index in [-0.39, 0.29) is 6.42 Å². The molecule has 0 aliphatic rings. The van der Waals surface area contributed by atoms with E-state index in [1.807, 2.05) is 6.92 Å². The van der Waals surface area contributed by atoms with Crippen LogP contribution in [0.1, 0.15) is 30.6 Å². The summed E-state index contributed by atoms with van der Waals surface area (Å²) in [6, 6.07) is 5.74. The fourth-order valence-corrected chi connectivity index (χ4v) is 1.86. The van der Waals surface area contributed by atoms with Crippen LogP contribution in [-0.2, 0) is 9.53 Å². The second-order valence-corrected chi connectivity index (χ2v) is 4.71. The fourth-order valence-electron chi connectivity index (χ4n) is 1.86. The van der Waals surface area contributed by atoms with Crippen LogP contribution in [0.25, 0.3) is 0 Å². The molecule has 0 spiro atoms. The van der Waals surface area contributed by atoms with Gasteiger partial charge in [-0.25, -0.2) is 4.79 Å². The Morgan fingerprint density at radius 1 is 1.30 bits per heavy atom. The topological polar surface area (TPSA) is 84.9 Å². The first-order valence-corrected chi connectivity index (χ1v) is 7.54. The van der Waals surface area contributed by atoms with Gasteiger partial charge in [0.05, 0.1) is 12.2 Å². The third kappa shape index (κ3) is 6.52. The number of allylic oxidation sites excluding steroid dienone is 1. The summed E-state index contributed by atoms with van der Waals surface area (Å²) in [5.41, 5.74) is 0.302. The minimum absolute atomic E-state index is 0.227. The zero-order valence-corrected chi connectivity index (χ0v) is 13.5. The molecule has 0 radical (unpaired) electrons. The number of carboxylic acid groups (broad SMARTS) is 1. The van der Waals surface area contributed by atoms with Crippen LogP contribution < -0.4 is 10.1 Å². The van der Waals surface area contributed by atoms with Crippen molar-refractivity contribution in [2.45, 2.75) is 26.3 Å². The van der Waals surface area contributed by atoms with Crippen LogP contribution in [0.15, 0.2) is 36.4 Å². The second-order valence-electron chi connectivity index (χ2n) is 4.71. The number of carbonyl (C=O) groups excluding carboxylic acids is 1. The number of amides is 1. The highest BCUT2D eigenvalue weighted by atomic mass is 16.5. The summed E-state index contributed by atoms with van der Waals surface area (Å²) in [7, 11) is 0. The van der Waals surface area contributed by atoms with Gasteiger partial charge in [-0.15, -0.1) is 0 Å². The molecule has 1 atom stereocenters. The Morgan fingerprint density at radius 2 is 2.04 bits per heavy atom. The lowest BCUT2D eigenvalue weighted by Crippen LogP contribution is -2.40. The number of nitrogens with one attached hydrogen (secondary N) is 1. The largest absolute Gasteiger partial charge is 0.490 e. The first-order valence-electron chi connectivity index (χ1n) is 7.54. The molecule has 0 aliphatic heterocycles. The maximum atomic E-state index is 12.3. The van der Waals surface area contributed by atoms with E-state index in [1.165, 1.54) is 0 Å². The molecule has 0 aliphatic carbocycles. The summed E-state index contributed by atoms with van der Waals surface area (Å²) in [4.78, 5) is 23.5. The van der Waals surface area contributed by atoms with E-state index in [0.29, 0.717) is 31.1 Å². The zero-order chi connectivity index (χ0) is 17.1. The summed E-state index contributed by atoms with van der Waals surface area (Å²) in [6.07, 6.45) is 3.67. The third-order valence-electron chi connectivity index (χ3n) is 3.03. The molecule has 1 aromatic rings. The van der Waals surface area contributed by atoms with Crippen molar-refractivity contribution in [2.75, 3.05) is 19.8 Å². The molecule has 1 amide bonds. The number of carbonyl (C=O) groups is 2. The maximum absolute atomic E-state index is 12.3. The highest BCUT2D eigenvalue weighted by molar-refractivity contribution is 5.98. The molecule has 1 aromatic carbocycles. The lowest BCUT2D eigenvalue weighted by atomic mass is 10.1. The van der Waals surface area contributed by atoms with Gasteiger partial charge in [0.15, 0.2) is 0 Å². The Hall–Kier alpha value is -2.34. The van der Waals surface area contributed by atoms with Crippen molar-refractivity contribution in [1.82, 2.24) is 5.32 Å². The molecule has 0 heterocycles. The molecule has 0 saturated heterocycles. The van der Waals surface area contributed by atoms with Crippen molar-refractivity contribution in [3.8, 4) is 5.75 Å². The quantitative estimate of drug-likeness (QED) is 0.510. The van der Waals surface area contributed by atoms with E-state index in [1.54, 1.807) is 43.3 Å². The smallest absolute Gasteiger partial charge is 0.326 e. The number of hydrogen-bond donors (Lipinski definition) is 2. The van der Waals surface area contributed by atoms with Crippen LogP contribution in [0.4, 0.5) is 0 Å². The number of ether oxygens (including phenoxy) is 2. The SMILES string of the molecule is C/C=C/CC(NC(=O)c1ccccc1OCCOCC)C(=O)O. The zero-order valence-electron chi connectivity index (χ0n) is 13.5. The molecule has 6 nitrogen and oxygen atoms in total. The molecular formula is C17H23NO5. The van der Waals surface area contributed by atoms with Gasteiger partial charge in [-0.05, 0) is 32.4 Å². The minimum atomic E-state index is -1.08. The molecule has 2 N–H and O–H groups in total. The number of para-hydroxylation sites is 1. The number of aliphatic carboxylic acids is 1. The van der Waals surface area contributed by atoms with Gasteiger partial charge in [0.2, 0.25) is 0 Å². The van der Waals surface area contributed by atoms with E-state index in [0.717, 1.165) is 0 Å². The third-order valence-corrected chi connectivity index (χ3v) is 3.03. The van der Waals surface area contributed by atoms with Gasteiger partial charge in [-0.3, -0.25) is 4.79 Å². The van der Waals surface area contributed by atoms with Crippen LogP contribution in [0.2, 0.25) is 0 Å². The monoisotopic (exact) mass is 321 g/mol. The molecule has 23 heavy (non-hydrogen) atoms. The predicted molar refractivity (Wildman–Crippen MR) is 86.8 cm³/mol. The van der Waals surface area contributed by atoms with E-state index in [4.69, 9.17) is 14.6 Å². The molecule has 1 rings (SSSR count). The standard InChI is InChI=1S/C17H23NO5/c1-3-5-9-14(17(20)21)18-16(19)13-8-6-7-10-15(13)23-12-11-22-4-2/h3,5-8,10,14H,4,9,11-12H2,1-2H3,(H,18,19)(H,20,21)/b5-3+. The van der Waals surface area contributed by atoms with Gasteiger partial charge in [0, 0.05) is 6.61 Å². The Balaban J connectivity index is 2.76. The van der Waals surface area contributed by atoms with Gasteiger partial charge in [0.1, 0.15) is 18.4 Å². The lowest BCUT2D eigenvalue weighted by Gasteiger charge is -2.15. The van der Waals surface area contributed by atoms with E-state index in [9.17, 15) is 9.59 Å². The molecule has 0 saturated carbocycles. The van der Waals surface area contributed by atoms with Gasteiger partial charge in [-0.1, -0.05) is 24.3 Å². The predicted octanol–water partition coefficient (Wildman–Crippen LogP) is 2.25. The van der Waals surface area contributed by atoms with Crippen molar-refractivity contribution >= 4 is 11.9 Å². The fraction of sp³-hybridized carbons (Fsp3) is 0.412. The van der Waals surface area contributed by atoms with Crippen molar-refractivity contribution < 1.29 is 24.2 Å². The van der Waals surface area contributed by atoms with Crippen LogP contribution in [0, 0.1) is 0 Å². The van der Waals surface area contributed by atoms with E-state index >= 15 is 0 Å². The highest BCUT2D eigenvalue weighted by Gasteiger charge is 2.21. The first-order chi connectivity index (χ1) is 11.1. The molecule has 6 heteroatoms. The maximum Gasteiger partial charge on any atom is 0.326 e. The number of rotatable bonds is 10. The number of benzene rings is 1. The van der Waals surface area contributed by atoms with Crippen LogP contribution >= 0.6 is 0 Å². The van der Waals surface area contributed by atoms with Crippen LogP contribution in [0.3, 0.4) is 0 Å². The lowest BCUT2D eigenvalue weighted by molar-refractivity contribution is -0.139. The van der Waals surface area contributed by atoms with Crippen molar-refractivity contribution in [2.24, 2.45) is 0 Å². The van der Waals surface area contributed by atoms with Crippen LogP contribution in [0.5, 0.6) is 5.75 Å². The minimum Gasteiger partial charge on any atom is -0.490 e. The summed E-state index contributed by atoms with van der Waals surface area (Å²) >= 11 is 0. The summed E-state index contributed by atoms with van der Waals surface area (Å²) in [5.74, 6) is -1.15. The van der Waals surface area contributed by atoms with Crippen molar-refractivity contribution in [3.63, 3.8) is 0 Å². The summed E-state index contributed by atoms with van der Waals surface area (Å²) in [6.45, 7) is 5.02. The molecular weight excluding hydrogens is 298 g/mol. The highest BCUT2D eigenvalue weighted by Crippen LogP contribution is 2.18. The van der Waals surface area contributed by atoms with Crippen LogP contribution in [-0.4, -0.2) is 42.8 Å². The van der Waals surface area contributed by atoms with Gasteiger partial charge in [0.25, 0.3) is 5.91 Å². The summed E-state index contributed by atoms with van der Waals surface area (Å²) in [5, 5.41) is 11.7. The Labute approximate surface area is 136 Å². The first kappa shape index (κ1) is 18.7. The van der Waals surface area contributed by atoms with Gasteiger partial charge < -0.3 is 19.9 Å². The molecule has 0 aromatic heterocycles. The van der Waals surface area contributed by atoms with E-state index < -0.39 is 17.9 Å². The molecule has 0 bridgehead atoms. The normalized spacial score (nSPS) is 12.1. The Kier molecular flexibility index (Phi) is 8.46. The second kappa shape index (κ2) is 10.4. The van der Waals surface area contributed by atoms with E-state index in [2.05, 4.69) is 5.32 Å². The Bertz CT molecular complexity index is 542. The Morgan fingerprint density at radius 3 is 2.70 bits per heavy atom.